The van der Waals surface area contributed by atoms with Crippen molar-refractivity contribution in [2.24, 2.45) is 0 Å². The van der Waals surface area contributed by atoms with E-state index in [1.807, 2.05) is 6.92 Å². The van der Waals surface area contributed by atoms with Crippen LogP contribution < -0.4 is 5.32 Å². The molecule has 176 valence electrons. The maximum absolute atomic E-state index is 12.1. The van der Waals surface area contributed by atoms with E-state index in [4.69, 9.17) is 28.4 Å². The molecular formula is C19H29NO11. The lowest BCUT2D eigenvalue weighted by Gasteiger charge is -2.44. The SMILES string of the molecule is CCCCOC(=O)N[C@@H]1O[C@H](COC(C)=O)[C@H](OC(C)=O)[C@@H](OC(C)=O)[C@@H]1OC(C)=O. The van der Waals surface area contributed by atoms with Gasteiger partial charge in [-0.1, -0.05) is 13.3 Å². The Morgan fingerprint density at radius 1 is 0.774 bits per heavy atom. The highest BCUT2D eigenvalue weighted by Crippen LogP contribution is 2.28. The predicted octanol–water partition coefficient (Wildman–Crippen LogP) is 0.596. The normalized spacial score (nSPS) is 25.0. The van der Waals surface area contributed by atoms with E-state index in [0.29, 0.717) is 6.42 Å². The number of ether oxygens (including phenoxy) is 6. The molecular weight excluding hydrogens is 418 g/mol. The number of carbonyl (C=O) groups excluding carboxylic acids is 5. The van der Waals surface area contributed by atoms with E-state index in [1.54, 1.807) is 0 Å². The number of rotatable bonds is 9. The topological polar surface area (TPSA) is 153 Å². The highest BCUT2D eigenvalue weighted by atomic mass is 16.7. The molecule has 1 rings (SSSR count). The predicted molar refractivity (Wildman–Crippen MR) is 101 cm³/mol. The second-order valence-electron chi connectivity index (χ2n) is 6.75. The standard InChI is InChI=1S/C19H29NO11/c1-6-7-8-26-19(25)20-18-17(30-13(5)24)16(29-12(4)23)15(28-11(3)22)14(31-18)9-27-10(2)21/h14-18H,6-9H2,1-5H3,(H,20,25)/t14-,15+,16-,17+,18-/m1/s1. The molecule has 0 aromatic rings. The van der Waals surface area contributed by atoms with Crippen LogP contribution in [0.2, 0.25) is 0 Å². The first-order valence-corrected chi connectivity index (χ1v) is 9.78. The minimum absolute atomic E-state index is 0.146. The molecule has 31 heavy (non-hydrogen) atoms. The van der Waals surface area contributed by atoms with Gasteiger partial charge in [-0.3, -0.25) is 24.5 Å². The van der Waals surface area contributed by atoms with Crippen LogP contribution in [0.3, 0.4) is 0 Å². The van der Waals surface area contributed by atoms with Crippen molar-refractivity contribution < 1.29 is 52.4 Å². The monoisotopic (exact) mass is 447 g/mol. The Morgan fingerprint density at radius 3 is 1.84 bits per heavy atom. The number of amides is 1. The molecule has 0 radical (unpaired) electrons. The molecule has 0 bridgehead atoms. The third-order valence-electron chi connectivity index (χ3n) is 3.98. The molecule has 1 amide bonds. The van der Waals surface area contributed by atoms with Crippen LogP contribution in [0.1, 0.15) is 47.5 Å². The summed E-state index contributed by atoms with van der Waals surface area (Å²) in [4.78, 5) is 58.4. The summed E-state index contributed by atoms with van der Waals surface area (Å²) < 4.78 is 31.4. The molecule has 0 saturated carbocycles. The zero-order valence-electron chi connectivity index (χ0n) is 18.2. The first-order valence-electron chi connectivity index (χ1n) is 9.78. The van der Waals surface area contributed by atoms with Crippen molar-refractivity contribution >= 4 is 30.0 Å². The Morgan fingerprint density at radius 2 is 1.32 bits per heavy atom. The Kier molecular flexibility index (Phi) is 10.7. The van der Waals surface area contributed by atoms with Gasteiger partial charge in [-0.25, -0.2) is 4.79 Å². The molecule has 1 heterocycles. The molecule has 0 spiro atoms. The minimum Gasteiger partial charge on any atom is -0.463 e. The molecule has 1 fully saturated rings. The van der Waals surface area contributed by atoms with Crippen molar-refractivity contribution in [3.63, 3.8) is 0 Å². The smallest absolute Gasteiger partial charge is 0.409 e. The average Bonchev–Trinajstić information content (AvgIpc) is 2.64. The van der Waals surface area contributed by atoms with Crippen LogP contribution in [0.25, 0.3) is 0 Å². The number of hydrogen-bond acceptors (Lipinski definition) is 11. The second-order valence-corrected chi connectivity index (χ2v) is 6.75. The Balaban J connectivity index is 3.23. The van der Waals surface area contributed by atoms with E-state index in [2.05, 4.69) is 5.32 Å². The number of hydrogen-bond donors (Lipinski definition) is 1. The van der Waals surface area contributed by atoms with Crippen LogP contribution >= 0.6 is 0 Å². The molecule has 1 saturated heterocycles. The fourth-order valence-corrected chi connectivity index (χ4v) is 2.81. The maximum Gasteiger partial charge on any atom is 0.409 e. The molecule has 1 aliphatic rings. The van der Waals surface area contributed by atoms with Gasteiger partial charge in [-0.15, -0.1) is 0 Å². The quantitative estimate of drug-likeness (QED) is 0.300. The fraction of sp³-hybridized carbons (Fsp3) is 0.737. The summed E-state index contributed by atoms with van der Waals surface area (Å²) in [5.41, 5.74) is 0. The lowest BCUT2D eigenvalue weighted by Crippen LogP contribution is -2.66. The third-order valence-corrected chi connectivity index (χ3v) is 3.98. The lowest BCUT2D eigenvalue weighted by atomic mass is 9.97. The number of esters is 4. The van der Waals surface area contributed by atoms with Gasteiger partial charge < -0.3 is 28.4 Å². The molecule has 1 N–H and O–H groups in total. The molecule has 12 nitrogen and oxygen atoms in total. The zero-order chi connectivity index (χ0) is 23.6. The van der Waals surface area contributed by atoms with Crippen LogP contribution in [0.4, 0.5) is 4.79 Å². The summed E-state index contributed by atoms with van der Waals surface area (Å²) in [6.07, 6.45) is -5.97. The summed E-state index contributed by atoms with van der Waals surface area (Å²) in [6.45, 7) is 6.16. The van der Waals surface area contributed by atoms with E-state index in [0.717, 1.165) is 34.1 Å². The Hall–Kier alpha value is -2.89. The summed E-state index contributed by atoms with van der Waals surface area (Å²) in [5.74, 6) is -2.92. The van der Waals surface area contributed by atoms with Crippen molar-refractivity contribution in [2.45, 2.75) is 78.1 Å². The van der Waals surface area contributed by atoms with Crippen molar-refractivity contribution in [1.82, 2.24) is 5.32 Å². The van der Waals surface area contributed by atoms with Crippen LogP contribution in [0, 0.1) is 0 Å². The van der Waals surface area contributed by atoms with Gasteiger partial charge in [-0.05, 0) is 6.42 Å². The van der Waals surface area contributed by atoms with Gasteiger partial charge in [0.15, 0.2) is 24.5 Å². The summed E-state index contributed by atoms with van der Waals surface area (Å²) in [7, 11) is 0. The van der Waals surface area contributed by atoms with Crippen molar-refractivity contribution in [3.05, 3.63) is 0 Å². The number of alkyl carbamates (subject to hydrolysis) is 1. The second kappa shape index (κ2) is 12.7. The van der Waals surface area contributed by atoms with Gasteiger partial charge in [0.25, 0.3) is 0 Å². The summed E-state index contributed by atoms with van der Waals surface area (Å²) >= 11 is 0. The summed E-state index contributed by atoms with van der Waals surface area (Å²) in [6, 6.07) is 0. The third kappa shape index (κ3) is 9.20. The molecule has 0 aliphatic carbocycles. The summed E-state index contributed by atoms with van der Waals surface area (Å²) in [5, 5.41) is 2.40. The van der Waals surface area contributed by atoms with Gasteiger partial charge >= 0.3 is 30.0 Å². The number of unbranched alkanes of at least 4 members (excludes halogenated alkanes) is 1. The van der Waals surface area contributed by atoms with Crippen LogP contribution in [0.5, 0.6) is 0 Å². The van der Waals surface area contributed by atoms with E-state index >= 15 is 0 Å². The maximum atomic E-state index is 12.1. The van der Waals surface area contributed by atoms with Crippen molar-refractivity contribution in [1.29, 1.82) is 0 Å². The number of nitrogens with one attached hydrogen (secondary N) is 1. The van der Waals surface area contributed by atoms with Crippen LogP contribution in [0.15, 0.2) is 0 Å². The zero-order valence-corrected chi connectivity index (χ0v) is 18.2. The van der Waals surface area contributed by atoms with Gasteiger partial charge in [0.05, 0.1) is 6.61 Å². The fourth-order valence-electron chi connectivity index (χ4n) is 2.81. The van der Waals surface area contributed by atoms with E-state index < -0.39 is 60.6 Å². The Labute approximate surface area is 179 Å². The van der Waals surface area contributed by atoms with Gasteiger partial charge in [0.1, 0.15) is 12.7 Å². The molecule has 0 aromatic heterocycles. The van der Waals surface area contributed by atoms with Crippen LogP contribution in [-0.2, 0) is 47.6 Å². The molecule has 12 heteroatoms. The molecule has 0 aromatic carbocycles. The van der Waals surface area contributed by atoms with E-state index in [-0.39, 0.29) is 13.2 Å². The highest BCUT2D eigenvalue weighted by molar-refractivity contribution is 5.70. The van der Waals surface area contributed by atoms with Crippen molar-refractivity contribution in [3.8, 4) is 0 Å². The largest absolute Gasteiger partial charge is 0.463 e. The van der Waals surface area contributed by atoms with Crippen molar-refractivity contribution in [2.75, 3.05) is 13.2 Å². The van der Waals surface area contributed by atoms with Gasteiger partial charge in [0, 0.05) is 27.7 Å². The Bertz CT molecular complexity index is 665. The molecule has 1 aliphatic heterocycles. The van der Waals surface area contributed by atoms with Crippen LogP contribution in [-0.4, -0.2) is 73.8 Å². The van der Waals surface area contributed by atoms with E-state index in [1.165, 1.54) is 0 Å². The minimum atomic E-state index is -1.38. The first-order chi connectivity index (χ1) is 14.5. The van der Waals surface area contributed by atoms with Gasteiger partial charge in [0.2, 0.25) is 0 Å². The van der Waals surface area contributed by atoms with E-state index in [9.17, 15) is 24.0 Å². The number of carbonyl (C=O) groups is 5. The lowest BCUT2D eigenvalue weighted by molar-refractivity contribution is -0.256. The molecule has 5 atom stereocenters. The first kappa shape index (κ1) is 26.1. The average molecular weight is 447 g/mol. The molecule has 0 unspecified atom stereocenters. The van der Waals surface area contributed by atoms with Gasteiger partial charge in [-0.2, -0.15) is 0 Å². The highest BCUT2D eigenvalue weighted by Gasteiger charge is 2.52.